The first kappa shape index (κ1) is 19.4. The van der Waals surface area contributed by atoms with Crippen molar-refractivity contribution in [3.8, 4) is 0 Å². The lowest BCUT2D eigenvalue weighted by Gasteiger charge is -2.12. The average Bonchev–Trinajstić information content (AvgIpc) is 3.19. The zero-order valence-electron chi connectivity index (χ0n) is 16.7. The summed E-state index contributed by atoms with van der Waals surface area (Å²) in [6.45, 7) is 6.64. The summed E-state index contributed by atoms with van der Waals surface area (Å²) in [6, 6.07) is 0. The van der Waals surface area contributed by atoms with Crippen molar-refractivity contribution in [1.29, 1.82) is 0 Å². The molecule has 8 nitrogen and oxygen atoms in total. The lowest BCUT2D eigenvalue weighted by atomic mass is 10.1. The lowest BCUT2D eigenvalue weighted by molar-refractivity contribution is 0.380. The molecule has 3 rings (SSSR count). The first-order valence-corrected chi connectivity index (χ1v) is 10.1. The smallest absolute Gasteiger partial charge is 0.191 e. The number of fused-ring (bicyclic) bond motifs is 1. The van der Waals surface area contributed by atoms with Crippen LogP contribution in [0.5, 0.6) is 0 Å². The maximum Gasteiger partial charge on any atom is 0.191 e. The summed E-state index contributed by atoms with van der Waals surface area (Å²) < 4.78 is 7.72. The van der Waals surface area contributed by atoms with Crippen molar-refractivity contribution < 1.29 is 4.52 Å². The predicted molar refractivity (Wildman–Crippen MR) is 105 cm³/mol. The van der Waals surface area contributed by atoms with Crippen LogP contribution in [0, 0.1) is 0 Å². The number of hydrogen-bond acceptors (Lipinski definition) is 5. The molecule has 8 heteroatoms. The highest BCUT2D eigenvalue weighted by atomic mass is 16.5. The molecule has 0 spiro atoms. The van der Waals surface area contributed by atoms with Crippen molar-refractivity contribution in [1.82, 2.24) is 30.6 Å². The molecule has 0 unspecified atom stereocenters. The molecular formula is C19H31N7O. The van der Waals surface area contributed by atoms with Gasteiger partial charge in [-0.1, -0.05) is 25.4 Å². The molecule has 2 N–H and O–H groups in total. The SMILES string of the molecule is CCc1noc(CC)c1CNC(=NC)NCCc1nnc2n1CCCCC2. The minimum atomic E-state index is 0.663. The van der Waals surface area contributed by atoms with E-state index in [1.165, 1.54) is 19.3 Å². The van der Waals surface area contributed by atoms with E-state index in [1.807, 2.05) is 0 Å². The Bertz CT molecular complexity index is 741. The number of nitrogens with zero attached hydrogens (tertiary/aromatic N) is 5. The number of hydrogen-bond donors (Lipinski definition) is 2. The molecule has 27 heavy (non-hydrogen) atoms. The van der Waals surface area contributed by atoms with E-state index in [2.05, 4.69) is 49.4 Å². The summed E-state index contributed by atoms with van der Waals surface area (Å²) in [5.41, 5.74) is 2.16. The number of rotatable bonds is 7. The molecule has 0 bridgehead atoms. The second-order valence-corrected chi connectivity index (χ2v) is 6.84. The van der Waals surface area contributed by atoms with Crippen LogP contribution in [0.4, 0.5) is 0 Å². The molecule has 0 fully saturated rings. The molecule has 2 aromatic rings. The summed E-state index contributed by atoms with van der Waals surface area (Å²) in [4.78, 5) is 4.32. The number of nitrogens with one attached hydrogen (secondary N) is 2. The predicted octanol–water partition coefficient (Wildman–Crippen LogP) is 2.02. The molecule has 1 aliphatic heterocycles. The van der Waals surface area contributed by atoms with E-state index in [-0.39, 0.29) is 0 Å². The first-order valence-electron chi connectivity index (χ1n) is 10.1. The standard InChI is InChI=1S/C19H31N7O/c1-4-15-14(16(5-2)27-25-15)13-22-19(20-3)21-11-10-18-24-23-17-9-7-6-8-12-26(17)18/h4-13H2,1-3H3,(H2,20,21,22). The number of aryl methyl sites for hydroxylation is 3. The topological polar surface area (TPSA) is 93.2 Å². The van der Waals surface area contributed by atoms with Gasteiger partial charge in [-0.3, -0.25) is 4.99 Å². The lowest BCUT2D eigenvalue weighted by Crippen LogP contribution is -2.38. The fraction of sp³-hybridized carbons (Fsp3) is 0.684. The molecule has 148 valence electrons. The third-order valence-electron chi connectivity index (χ3n) is 5.09. The second-order valence-electron chi connectivity index (χ2n) is 6.84. The van der Waals surface area contributed by atoms with Crippen molar-refractivity contribution in [3.63, 3.8) is 0 Å². The Hall–Kier alpha value is -2.38. The fourth-order valence-corrected chi connectivity index (χ4v) is 3.55. The van der Waals surface area contributed by atoms with E-state index in [9.17, 15) is 0 Å². The third-order valence-corrected chi connectivity index (χ3v) is 5.09. The molecule has 1 aliphatic rings. The Morgan fingerprint density at radius 2 is 2.04 bits per heavy atom. The molecule has 0 radical (unpaired) electrons. The Morgan fingerprint density at radius 1 is 1.15 bits per heavy atom. The van der Waals surface area contributed by atoms with Crippen molar-refractivity contribution >= 4 is 5.96 Å². The van der Waals surface area contributed by atoms with Crippen molar-refractivity contribution in [2.75, 3.05) is 13.6 Å². The minimum absolute atomic E-state index is 0.663. The summed E-state index contributed by atoms with van der Waals surface area (Å²) in [5.74, 6) is 3.92. The van der Waals surface area contributed by atoms with Gasteiger partial charge in [0.15, 0.2) is 5.96 Å². The van der Waals surface area contributed by atoms with Crippen LogP contribution in [0.3, 0.4) is 0 Å². The highest BCUT2D eigenvalue weighted by Crippen LogP contribution is 2.16. The van der Waals surface area contributed by atoms with Gasteiger partial charge in [-0.15, -0.1) is 10.2 Å². The minimum Gasteiger partial charge on any atom is -0.361 e. The van der Waals surface area contributed by atoms with Gasteiger partial charge in [-0.25, -0.2) is 0 Å². The van der Waals surface area contributed by atoms with Crippen LogP contribution in [0.1, 0.15) is 61.8 Å². The zero-order chi connectivity index (χ0) is 19.1. The summed E-state index contributed by atoms with van der Waals surface area (Å²) in [7, 11) is 1.79. The van der Waals surface area contributed by atoms with Crippen LogP contribution in [0.15, 0.2) is 9.52 Å². The highest BCUT2D eigenvalue weighted by molar-refractivity contribution is 5.79. The van der Waals surface area contributed by atoms with Gasteiger partial charge < -0.3 is 19.7 Å². The second kappa shape index (κ2) is 9.53. The molecule has 0 aromatic carbocycles. The van der Waals surface area contributed by atoms with Crippen LogP contribution in [0.25, 0.3) is 0 Å². The van der Waals surface area contributed by atoms with Gasteiger partial charge in [0.05, 0.1) is 5.69 Å². The van der Waals surface area contributed by atoms with Crippen LogP contribution in [-0.2, 0) is 38.8 Å². The maximum absolute atomic E-state index is 5.43. The maximum atomic E-state index is 5.43. The van der Waals surface area contributed by atoms with Gasteiger partial charge in [0, 0.05) is 51.5 Å². The van der Waals surface area contributed by atoms with Gasteiger partial charge in [0.1, 0.15) is 17.4 Å². The summed E-state index contributed by atoms with van der Waals surface area (Å²) in [5, 5.41) is 19.7. The van der Waals surface area contributed by atoms with Crippen molar-refractivity contribution in [3.05, 3.63) is 28.7 Å². The van der Waals surface area contributed by atoms with Crippen LogP contribution < -0.4 is 10.6 Å². The molecule has 0 atom stereocenters. The Kier molecular flexibility index (Phi) is 6.84. The quantitative estimate of drug-likeness (QED) is 0.570. The molecule has 2 aromatic heterocycles. The molecule has 0 saturated heterocycles. The zero-order valence-corrected chi connectivity index (χ0v) is 16.7. The van der Waals surface area contributed by atoms with Gasteiger partial charge in [-0.05, 0) is 19.3 Å². The van der Waals surface area contributed by atoms with E-state index in [1.54, 1.807) is 7.05 Å². The molecule has 0 amide bonds. The highest BCUT2D eigenvalue weighted by Gasteiger charge is 2.15. The summed E-state index contributed by atoms with van der Waals surface area (Å²) in [6.07, 6.45) is 7.30. The first-order chi connectivity index (χ1) is 13.3. The largest absolute Gasteiger partial charge is 0.361 e. The molecule has 3 heterocycles. The molecule has 0 saturated carbocycles. The van der Waals surface area contributed by atoms with Crippen molar-refractivity contribution in [2.45, 2.75) is 71.9 Å². The fourth-order valence-electron chi connectivity index (χ4n) is 3.55. The normalized spacial score (nSPS) is 14.7. The van der Waals surface area contributed by atoms with Gasteiger partial charge in [0.25, 0.3) is 0 Å². The molecular weight excluding hydrogens is 342 g/mol. The van der Waals surface area contributed by atoms with Crippen molar-refractivity contribution in [2.24, 2.45) is 4.99 Å². The van der Waals surface area contributed by atoms with Crippen LogP contribution in [-0.4, -0.2) is 39.5 Å². The van der Waals surface area contributed by atoms with Gasteiger partial charge in [-0.2, -0.15) is 0 Å². The third kappa shape index (κ3) is 4.67. The Morgan fingerprint density at radius 3 is 2.81 bits per heavy atom. The number of guanidine groups is 1. The monoisotopic (exact) mass is 373 g/mol. The number of aliphatic imine (C=N–C) groups is 1. The van der Waals surface area contributed by atoms with E-state index in [4.69, 9.17) is 4.52 Å². The summed E-state index contributed by atoms with van der Waals surface area (Å²) >= 11 is 0. The van der Waals surface area contributed by atoms with Gasteiger partial charge >= 0.3 is 0 Å². The van der Waals surface area contributed by atoms with E-state index < -0.39 is 0 Å². The van der Waals surface area contributed by atoms with Crippen LogP contribution in [0.2, 0.25) is 0 Å². The van der Waals surface area contributed by atoms with E-state index in [0.29, 0.717) is 6.54 Å². The van der Waals surface area contributed by atoms with E-state index in [0.717, 1.165) is 73.4 Å². The van der Waals surface area contributed by atoms with Crippen LogP contribution >= 0.6 is 0 Å². The average molecular weight is 374 g/mol. The Balaban J connectivity index is 1.52. The Labute approximate surface area is 160 Å². The van der Waals surface area contributed by atoms with E-state index >= 15 is 0 Å². The molecule has 0 aliphatic carbocycles. The number of aromatic nitrogens is 4. The van der Waals surface area contributed by atoms with Gasteiger partial charge in [0.2, 0.25) is 0 Å².